The fourth-order valence-electron chi connectivity index (χ4n) is 4.71. The third-order valence-electron chi connectivity index (χ3n) is 5.87. The molecule has 0 saturated heterocycles. The highest BCUT2D eigenvalue weighted by atomic mass is 15.0. The Morgan fingerprint density at radius 2 is 0.867 bits per heavy atom. The maximum absolute atomic E-state index is 2.41. The monoisotopic (exact) mass is 402 g/mol. The lowest BCUT2D eigenvalue weighted by molar-refractivity contribution is -0.715. The highest BCUT2D eigenvalue weighted by Gasteiger charge is 2.24. The normalized spacial score (nSPS) is 13.3. The molecule has 2 nitrogen and oxygen atoms in total. The summed E-state index contributed by atoms with van der Waals surface area (Å²) in [6.07, 6.45) is 13.8. The Bertz CT molecular complexity index is 851. The van der Waals surface area contributed by atoms with E-state index in [0.717, 1.165) is 12.8 Å². The molecule has 2 aromatic heterocycles. The first-order chi connectivity index (χ1) is 14.4. The average Bonchev–Trinajstić information content (AvgIpc) is 2.69. The molecular weight excluding hydrogens is 364 g/mol. The summed E-state index contributed by atoms with van der Waals surface area (Å²) >= 11 is 0. The summed E-state index contributed by atoms with van der Waals surface area (Å²) < 4.78 is 4.82. The van der Waals surface area contributed by atoms with Crippen molar-refractivity contribution < 1.29 is 9.13 Å². The molecule has 1 aromatic carbocycles. The van der Waals surface area contributed by atoms with Crippen LogP contribution >= 0.6 is 0 Å². The first-order valence-electron chi connectivity index (χ1n) is 11.5. The molecule has 3 aromatic rings. The van der Waals surface area contributed by atoms with Gasteiger partial charge in [0.25, 0.3) is 0 Å². The standard InChI is InChI=1S/C28H38N2/c1-7-9-27(29-17-21(3)15-22(4)18-29)25-11-13-26(14-12-25)28(10-8-2)30-19-23(5)16-24(6)20-30/h11-20,27-28H,7-10H2,1-6H3/q+2. The van der Waals surface area contributed by atoms with Gasteiger partial charge in [-0.2, -0.15) is 9.13 Å². The Morgan fingerprint density at radius 1 is 0.567 bits per heavy atom. The number of aryl methyl sites for hydroxylation is 4. The van der Waals surface area contributed by atoms with Gasteiger partial charge in [-0.1, -0.05) is 38.1 Å². The Balaban J connectivity index is 1.95. The fourth-order valence-corrected chi connectivity index (χ4v) is 4.71. The molecule has 2 heterocycles. The van der Waals surface area contributed by atoms with Gasteiger partial charge in [-0.3, -0.25) is 0 Å². The molecule has 0 amide bonds. The van der Waals surface area contributed by atoms with Crippen LogP contribution in [0.3, 0.4) is 0 Å². The van der Waals surface area contributed by atoms with Crippen LogP contribution in [-0.2, 0) is 0 Å². The zero-order valence-corrected chi connectivity index (χ0v) is 19.7. The van der Waals surface area contributed by atoms with Crippen LogP contribution in [0.2, 0.25) is 0 Å². The third-order valence-corrected chi connectivity index (χ3v) is 5.87. The van der Waals surface area contributed by atoms with Crippen LogP contribution in [-0.4, -0.2) is 0 Å². The predicted molar refractivity (Wildman–Crippen MR) is 125 cm³/mol. The molecule has 0 saturated carbocycles. The maximum Gasteiger partial charge on any atom is 0.183 e. The van der Waals surface area contributed by atoms with Crippen LogP contribution in [0.5, 0.6) is 0 Å². The zero-order valence-electron chi connectivity index (χ0n) is 19.7. The fraction of sp³-hybridized carbons (Fsp3) is 0.429. The lowest BCUT2D eigenvalue weighted by Crippen LogP contribution is -2.41. The van der Waals surface area contributed by atoms with Gasteiger partial charge in [-0.25, -0.2) is 0 Å². The summed E-state index contributed by atoms with van der Waals surface area (Å²) in [5.41, 5.74) is 8.08. The van der Waals surface area contributed by atoms with Crippen molar-refractivity contribution in [1.82, 2.24) is 0 Å². The summed E-state index contributed by atoms with van der Waals surface area (Å²) in [6.45, 7) is 13.3. The highest BCUT2D eigenvalue weighted by Crippen LogP contribution is 2.24. The van der Waals surface area contributed by atoms with Gasteiger partial charge in [0.05, 0.1) is 0 Å². The van der Waals surface area contributed by atoms with Gasteiger partial charge in [0.2, 0.25) is 0 Å². The van der Waals surface area contributed by atoms with Gasteiger partial charge in [0, 0.05) is 46.2 Å². The Labute approximate surface area is 183 Å². The summed E-state index contributed by atoms with van der Waals surface area (Å²) in [5, 5.41) is 0. The largest absolute Gasteiger partial charge is 0.198 e. The molecule has 0 N–H and O–H groups in total. The lowest BCUT2D eigenvalue weighted by Gasteiger charge is -2.16. The van der Waals surface area contributed by atoms with Crippen molar-refractivity contribution in [1.29, 1.82) is 0 Å². The molecule has 0 fully saturated rings. The van der Waals surface area contributed by atoms with Gasteiger partial charge in [0.15, 0.2) is 36.9 Å². The predicted octanol–water partition coefficient (Wildman–Crippen LogP) is 6.27. The van der Waals surface area contributed by atoms with Crippen molar-refractivity contribution in [2.75, 3.05) is 0 Å². The lowest BCUT2D eigenvalue weighted by atomic mass is 9.96. The summed E-state index contributed by atoms with van der Waals surface area (Å²) in [5.74, 6) is 0. The summed E-state index contributed by atoms with van der Waals surface area (Å²) in [6, 6.07) is 14.7. The molecule has 30 heavy (non-hydrogen) atoms. The van der Waals surface area contributed by atoms with Crippen LogP contribution in [0.1, 0.15) is 85.0 Å². The molecule has 2 atom stereocenters. The number of pyridine rings is 2. The molecule has 0 aliphatic carbocycles. The first-order valence-corrected chi connectivity index (χ1v) is 11.5. The van der Waals surface area contributed by atoms with Gasteiger partial charge >= 0.3 is 0 Å². The van der Waals surface area contributed by atoms with Crippen molar-refractivity contribution in [2.24, 2.45) is 0 Å². The van der Waals surface area contributed by atoms with Crippen molar-refractivity contribution in [3.05, 3.63) is 94.6 Å². The van der Waals surface area contributed by atoms with E-state index < -0.39 is 0 Å². The molecule has 2 unspecified atom stereocenters. The van der Waals surface area contributed by atoms with Gasteiger partial charge < -0.3 is 0 Å². The van der Waals surface area contributed by atoms with Crippen LogP contribution in [0, 0.1) is 27.7 Å². The summed E-state index contributed by atoms with van der Waals surface area (Å²) in [4.78, 5) is 0. The minimum atomic E-state index is 0.390. The second kappa shape index (κ2) is 10.0. The first kappa shape index (κ1) is 22.2. The summed E-state index contributed by atoms with van der Waals surface area (Å²) in [7, 11) is 0. The molecule has 2 heteroatoms. The van der Waals surface area contributed by atoms with Crippen LogP contribution < -0.4 is 9.13 Å². The van der Waals surface area contributed by atoms with E-state index in [9.17, 15) is 0 Å². The van der Waals surface area contributed by atoms with Gasteiger partial charge in [-0.05, 0) is 52.7 Å². The number of aromatic nitrogens is 2. The van der Waals surface area contributed by atoms with Crippen molar-refractivity contribution in [2.45, 2.75) is 79.3 Å². The van der Waals surface area contributed by atoms with E-state index in [0.29, 0.717) is 12.1 Å². The topological polar surface area (TPSA) is 7.76 Å². The highest BCUT2D eigenvalue weighted by molar-refractivity contribution is 5.26. The van der Waals surface area contributed by atoms with E-state index in [4.69, 9.17) is 0 Å². The minimum Gasteiger partial charge on any atom is -0.198 e. The maximum atomic E-state index is 2.41. The number of nitrogens with zero attached hydrogens (tertiary/aromatic N) is 2. The minimum absolute atomic E-state index is 0.390. The number of rotatable bonds is 8. The van der Waals surface area contributed by atoms with E-state index in [1.54, 1.807) is 0 Å². The van der Waals surface area contributed by atoms with E-state index in [2.05, 4.69) is 112 Å². The quantitative estimate of drug-likeness (QED) is 0.392. The molecule has 158 valence electrons. The van der Waals surface area contributed by atoms with Gasteiger partial charge in [0.1, 0.15) is 0 Å². The molecule has 0 bridgehead atoms. The van der Waals surface area contributed by atoms with Crippen molar-refractivity contribution in [3.8, 4) is 0 Å². The average molecular weight is 403 g/mol. The van der Waals surface area contributed by atoms with E-state index in [1.165, 1.54) is 46.2 Å². The van der Waals surface area contributed by atoms with E-state index >= 15 is 0 Å². The van der Waals surface area contributed by atoms with Crippen LogP contribution in [0.15, 0.2) is 61.2 Å². The number of benzene rings is 1. The molecule has 0 spiro atoms. The Morgan fingerprint density at radius 3 is 1.13 bits per heavy atom. The third kappa shape index (κ3) is 5.36. The Hall–Kier alpha value is -2.48. The van der Waals surface area contributed by atoms with Crippen LogP contribution in [0.4, 0.5) is 0 Å². The SMILES string of the molecule is CCCC(c1ccc(C(CCC)[n+]2cc(C)cc(C)c2)cc1)[n+]1cc(C)cc(C)c1. The molecule has 3 rings (SSSR count). The molecular formula is C28H38N2+2. The van der Waals surface area contributed by atoms with E-state index in [1.807, 2.05) is 0 Å². The number of hydrogen-bond donors (Lipinski definition) is 0. The molecule has 0 aliphatic heterocycles. The Kier molecular flexibility index (Phi) is 7.42. The smallest absolute Gasteiger partial charge is 0.183 e. The van der Waals surface area contributed by atoms with E-state index in [-0.39, 0.29) is 0 Å². The van der Waals surface area contributed by atoms with Crippen molar-refractivity contribution in [3.63, 3.8) is 0 Å². The molecule has 0 radical (unpaired) electrons. The molecule has 0 aliphatic rings. The van der Waals surface area contributed by atoms with Crippen molar-refractivity contribution >= 4 is 0 Å². The second-order valence-electron chi connectivity index (χ2n) is 8.95. The number of hydrogen-bond acceptors (Lipinski definition) is 0. The zero-order chi connectivity index (χ0) is 21.7. The van der Waals surface area contributed by atoms with Gasteiger partial charge in [-0.15, -0.1) is 0 Å². The van der Waals surface area contributed by atoms with Crippen LogP contribution in [0.25, 0.3) is 0 Å². The second-order valence-corrected chi connectivity index (χ2v) is 8.95.